The fourth-order valence-corrected chi connectivity index (χ4v) is 8.45. The molecule has 0 aliphatic heterocycles. The van der Waals surface area contributed by atoms with Gasteiger partial charge in [-0.2, -0.15) is 0 Å². The molecule has 4 aliphatic rings. The third-order valence-electron chi connectivity index (χ3n) is 10.1. The Morgan fingerprint density at radius 1 is 1.07 bits per heavy atom. The standard InChI is InChI=1S/C25H38O5/c1-14(23(28)29-5)19-8-9-20-18-7-6-16-12-17(30-15(2)26)10-11-24(16,3)21(18)13-22(27)25(19,20)4/h14,16-21H,6-13H2,1-5H3. The molecule has 0 aromatic carbocycles. The first-order valence-corrected chi connectivity index (χ1v) is 11.9. The molecule has 4 saturated carbocycles. The first-order chi connectivity index (χ1) is 14.1. The Kier molecular flexibility index (Phi) is 5.55. The van der Waals surface area contributed by atoms with Gasteiger partial charge in [0.2, 0.25) is 0 Å². The third-order valence-corrected chi connectivity index (χ3v) is 10.1. The van der Waals surface area contributed by atoms with Crippen LogP contribution >= 0.6 is 0 Å². The van der Waals surface area contributed by atoms with Gasteiger partial charge in [0.1, 0.15) is 11.9 Å². The molecule has 4 aliphatic carbocycles. The van der Waals surface area contributed by atoms with Crippen molar-refractivity contribution in [1.29, 1.82) is 0 Å². The second kappa shape index (κ2) is 7.63. The van der Waals surface area contributed by atoms with Crippen LogP contribution in [0.15, 0.2) is 0 Å². The van der Waals surface area contributed by atoms with Crippen LogP contribution < -0.4 is 0 Å². The lowest BCUT2D eigenvalue weighted by molar-refractivity contribution is -0.168. The molecule has 0 heterocycles. The van der Waals surface area contributed by atoms with E-state index in [1.165, 1.54) is 14.0 Å². The molecule has 9 unspecified atom stereocenters. The largest absolute Gasteiger partial charge is 0.469 e. The summed E-state index contributed by atoms with van der Waals surface area (Å²) in [5, 5.41) is 0. The topological polar surface area (TPSA) is 69.7 Å². The van der Waals surface area contributed by atoms with E-state index in [1.54, 1.807) is 0 Å². The van der Waals surface area contributed by atoms with Crippen LogP contribution in [0.4, 0.5) is 0 Å². The Bertz CT molecular complexity index is 731. The van der Waals surface area contributed by atoms with Crippen LogP contribution in [0.2, 0.25) is 0 Å². The minimum Gasteiger partial charge on any atom is -0.469 e. The molecule has 30 heavy (non-hydrogen) atoms. The molecule has 168 valence electrons. The van der Waals surface area contributed by atoms with Crippen LogP contribution in [0.1, 0.15) is 79.1 Å². The number of esters is 2. The van der Waals surface area contributed by atoms with Crippen LogP contribution in [-0.2, 0) is 23.9 Å². The summed E-state index contributed by atoms with van der Waals surface area (Å²) in [6.45, 7) is 7.99. The number of rotatable bonds is 3. The monoisotopic (exact) mass is 418 g/mol. The predicted octanol–water partition coefficient (Wildman–Crippen LogP) is 4.57. The lowest BCUT2D eigenvalue weighted by atomic mass is 9.44. The van der Waals surface area contributed by atoms with Gasteiger partial charge in [0.05, 0.1) is 13.0 Å². The normalized spacial score (nSPS) is 46.2. The number of carbonyl (C=O) groups excluding carboxylic acids is 3. The van der Waals surface area contributed by atoms with Crippen molar-refractivity contribution in [2.75, 3.05) is 7.11 Å². The quantitative estimate of drug-likeness (QED) is 0.628. The van der Waals surface area contributed by atoms with E-state index in [4.69, 9.17) is 9.47 Å². The summed E-state index contributed by atoms with van der Waals surface area (Å²) in [4.78, 5) is 37.4. The van der Waals surface area contributed by atoms with E-state index in [0.29, 0.717) is 35.9 Å². The Balaban J connectivity index is 1.57. The van der Waals surface area contributed by atoms with Gasteiger partial charge in [0.15, 0.2) is 0 Å². The second-order valence-electron chi connectivity index (χ2n) is 11.1. The van der Waals surface area contributed by atoms with Crippen molar-refractivity contribution in [3.05, 3.63) is 0 Å². The van der Waals surface area contributed by atoms with E-state index in [2.05, 4.69) is 13.8 Å². The molecule has 0 saturated heterocycles. The molecular formula is C25H38O5. The Morgan fingerprint density at radius 2 is 1.80 bits per heavy atom. The molecule has 0 aromatic heterocycles. The van der Waals surface area contributed by atoms with Crippen LogP contribution in [0.25, 0.3) is 0 Å². The van der Waals surface area contributed by atoms with Gasteiger partial charge < -0.3 is 9.47 Å². The Labute approximate surface area is 180 Å². The van der Waals surface area contributed by atoms with Crippen LogP contribution in [-0.4, -0.2) is 30.9 Å². The molecule has 4 rings (SSSR count). The van der Waals surface area contributed by atoms with E-state index in [1.807, 2.05) is 6.92 Å². The summed E-state index contributed by atoms with van der Waals surface area (Å²) in [5.74, 6) is 1.77. The first kappa shape index (κ1) is 21.8. The predicted molar refractivity (Wildman–Crippen MR) is 112 cm³/mol. The zero-order valence-corrected chi connectivity index (χ0v) is 19.2. The maximum absolute atomic E-state index is 13.7. The fraction of sp³-hybridized carbons (Fsp3) is 0.880. The van der Waals surface area contributed by atoms with Gasteiger partial charge in [-0.25, -0.2) is 0 Å². The van der Waals surface area contributed by atoms with Gasteiger partial charge in [-0.3, -0.25) is 14.4 Å². The highest BCUT2D eigenvalue weighted by Crippen LogP contribution is 2.67. The molecule has 0 spiro atoms. The molecule has 0 N–H and O–H groups in total. The van der Waals surface area contributed by atoms with E-state index in [9.17, 15) is 14.4 Å². The van der Waals surface area contributed by atoms with E-state index >= 15 is 0 Å². The molecule has 0 aromatic rings. The second-order valence-corrected chi connectivity index (χ2v) is 11.1. The number of ether oxygens (including phenoxy) is 2. The molecule has 5 nitrogen and oxygen atoms in total. The van der Waals surface area contributed by atoms with Crippen molar-refractivity contribution in [3.8, 4) is 0 Å². The molecule has 5 heteroatoms. The van der Waals surface area contributed by atoms with Crippen LogP contribution in [0, 0.1) is 46.3 Å². The van der Waals surface area contributed by atoms with Crippen molar-refractivity contribution in [1.82, 2.24) is 0 Å². The highest BCUT2D eigenvalue weighted by atomic mass is 16.5. The SMILES string of the molecule is COC(=O)C(C)C1CCC2C3CCC4CC(OC(C)=O)CCC4(C)C3CC(=O)C12C. The number of ketones is 1. The Morgan fingerprint density at radius 3 is 2.47 bits per heavy atom. The Hall–Kier alpha value is -1.39. The van der Waals surface area contributed by atoms with Gasteiger partial charge in [0.25, 0.3) is 0 Å². The maximum atomic E-state index is 13.7. The van der Waals surface area contributed by atoms with E-state index in [-0.39, 0.29) is 35.3 Å². The zero-order chi connectivity index (χ0) is 21.8. The summed E-state index contributed by atoms with van der Waals surface area (Å²) < 4.78 is 10.6. The van der Waals surface area contributed by atoms with Gasteiger partial charge in [-0.15, -0.1) is 0 Å². The minimum absolute atomic E-state index is 0.0402. The average Bonchev–Trinajstić information content (AvgIpc) is 3.06. The van der Waals surface area contributed by atoms with Crippen molar-refractivity contribution < 1.29 is 23.9 Å². The van der Waals surface area contributed by atoms with Crippen molar-refractivity contribution >= 4 is 17.7 Å². The average molecular weight is 419 g/mol. The van der Waals surface area contributed by atoms with E-state index in [0.717, 1.165) is 44.9 Å². The summed E-state index contributed by atoms with van der Waals surface area (Å²) in [6, 6.07) is 0. The number of hydrogen-bond acceptors (Lipinski definition) is 5. The summed E-state index contributed by atoms with van der Waals surface area (Å²) in [5.41, 5.74) is -0.241. The first-order valence-electron chi connectivity index (χ1n) is 11.9. The van der Waals surface area contributed by atoms with E-state index < -0.39 is 5.41 Å². The number of methoxy groups -OCH3 is 1. The summed E-state index contributed by atoms with van der Waals surface area (Å²) in [6.07, 6.45) is 7.89. The van der Waals surface area contributed by atoms with Crippen LogP contribution in [0.3, 0.4) is 0 Å². The summed E-state index contributed by atoms with van der Waals surface area (Å²) >= 11 is 0. The van der Waals surface area contributed by atoms with Gasteiger partial charge in [-0.1, -0.05) is 20.8 Å². The third kappa shape index (κ3) is 3.14. The van der Waals surface area contributed by atoms with Crippen LogP contribution in [0.5, 0.6) is 0 Å². The highest BCUT2D eigenvalue weighted by Gasteiger charge is 2.64. The lowest BCUT2D eigenvalue weighted by Gasteiger charge is -2.60. The highest BCUT2D eigenvalue weighted by molar-refractivity contribution is 5.88. The molecule has 0 amide bonds. The molecule has 9 atom stereocenters. The summed E-state index contributed by atoms with van der Waals surface area (Å²) in [7, 11) is 1.45. The zero-order valence-electron chi connectivity index (χ0n) is 19.2. The van der Waals surface area contributed by atoms with Crippen molar-refractivity contribution in [3.63, 3.8) is 0 Å². The molecule has 4 fully saturated rings. The smallest absolute Gasteiger partial charge is 0.308 e. The number of carbonyl (C=O) groups is 3. The van der Waals surface area contributed by atoms with Crippen molar-refractivity contribution in [2.24, 2.45) is 46.3 Å². The van der Waals surface area contributed by atoms with Gasteiger partial charge in [-0.05, 0) is 80.0 Å². The lowest BCUT2D eigenvalue weighted by Crippen LogP contribution is -2.57. The number of fused-ring (bicyclic) bond motifs is 5. The van der Waals surface area contributed by atoms with Gasteiger partial charge in [0, 0.05) is 18.8 Å². The molecular weight excluding hydrogens is 380 g/mol. The number of hydrogen-bond donors (Lipinski definition) is 0. The number of Topliss-reactive ketones (excluding diaryl/α,β-unsaturated/α-hetero) is 1. The minimum atomic E-state index is -0.396. The van der Waals surface area contributed by atoms with Crippen molar-refractivity contribution in [2.45, 2.75) is 85.2 Å². The maximum Gasteiger partial charge on any atom is 0.308 e. The molecule has 0 bridgehead atoms. The molecule has 0 radical (unpaired) electrons. The van der Waals surface area contributed by atoms with Gasteiger partial charge >= 0.3 is 11.9 Å². The fourth-order valence-electron chi connectivity index (χ4n) is 8.45.